The molecular weight excluding hydrogens is 253 g/mol. The molecule has 1 N–H and O–H groups in total. The zero-order valence-electron chi connectivity index (χ0n) is 12.4. The molecule has 20 heavy (non-hydrogen) atoms. The Bertz CT molecular complexity index is 543. The van der Waals surface area contributed by atoms with Gasteiger partial charge in [0, 0.05) is 12.6 Å². The third-order valence-electron chi connectivity index (χ3n) is 3.00. The number of anilines is 1. The summed E-state index contributed by atoms with van der Waals surface area (Å²) in [5.41, 5.74) is 1.93. The van der Waals surface area contributed by atoms with Crippen LogP contribution in [-0.2, 0) is 6.42 Å². The van der Waals surface area contributed by atoms with E-state index in [-0.39, 0.29) is 5.82 Å². The van der Waals surface area contributed by atoms with E-state index in [0.29, 0.717) is 5.92 Å². The molecule has 0 aliphatic heterocycles. The van der Waals surface area contributed by atoms with Crippen molar-refractivity contribution in [2.45, 2.75) is 33.6 Å². The molecule has 0 aliphatic carbocycles. The van der Waals surface area contributed by atoms with Crippen LogP contribution in [0, 0.1) is 11.7 Å². The molecule has 0 saturated carbocycles. The predicted octanol–water partition coefficient (Wildman–Crippen LogP) is 4.03. The quantitative estimate of drug-likeness (QED) is 0.862. The molecule has 4 heteroatoms. The highest BCUT2D eigenvalue weighted by Crippen LogP contribution is 2.19. The van der Waals surface area contributed by atoms with Crippen molar-refractivity contribution in [2.24, 2.45) is 5.92 Å². The number of hydrogen-bond acceptors (Lipinski definition) is 2. The smallest absolute Gasteiger partial charge is 0.130 e. The minimum Gasteiger partial charge on any atom is -0.370 e. The molecule has 0 spiro atoms. The third-order valence-corrected chi connectivity index (χ3v) is 3.00. The molecule has 1 aromatic carbocycles. The number of benzene rings is 1. The molecule has 108 valence electrons. The zero-order valence-corrected chi connectivity index (χ0v) is 12.4. The summed E-state index contributed by atoms with van der Waals surface area (Å²) in [6.07, 6.45) is 1.99. The normalized spacial score (nSPS) is 11.1. The van der Waals surface area contributed by atoms with Gasteiger partial charge in [0.2, 0.25) is 0 Å². The molecule has 0 aliphatic rings. The van der Waals surface area contributed by atoms with Gasteiger partial charge in [-0.1, -0.05) is 20.8 Å². The first kappa shape index (κ1) is 14.6. The monoisotopic (exact) mass is 275 g/mol. The van der Waals surface area contributed by atoms with Gasteiger partial charge in [-0.3, -0.25) is 0 Å². The first-order chi connectivity index (χ1) is 9.60. The Labute approximate surface area is 119 Å². The molecule has 0 atom stereocenters. The molecular formula is C16H22FN3. The van der Waals surface area contributed by atoms with Crippen molar-refractivity contribution in [2.75, 3.05) is 11.9 Å². The van der Waals surface area contributed by atoms with Crippen LogP contribution in [0.25, 0.3) is 5.69 Å². The van der Waals surface area contributed by atoms with E-state index in [9.17, 15) is 4.39 Å². The first-order valence-electron chi connectivity index (χ1n) is 7.19. The van der Waals surface area contributed by atoms with Crippen LogP contribution < -0.4 is 5.32 Å². The van der Waals surface area contributed by atoms with Crippen LogP contribution in [0.3, 0.4) is 0 Å². The average molecular weight is 275 g/mol. The maximum absolute atomic E-state index is 13.0. The summed E-state index contributed by atoms with van der Waals surface area (Å²) in [6, 6.07) is 8.50. The lowest BCUT2D eigenvalue weighted by molar-refractivity contribution is 0.624. The number of hydrogen-bond donors (Lipinski definition) is 1. The highest BCUT2D eigenvalue weighted by Gasteiger charge is 2.10. The standard InChI is InChI=1S/C16H22FN3/c1-4-9-18-16-11-14(10-12(2)3)19-20(16)15-7-5-13(17)6-8-15/h5-8,11-12,18H,4,9-10H2,1-3H3. The van der Waals surface area contributed by atoms with E-state index in [1.165, 1.54) is 12.1 Å². The maximum Gasteiger partial charge on any atom is 0.130 e. The van der Waals surface area contributed by atoms with Gasteiger partial charge in [0.1, 0.15) is 11.6 Å². The van der Waals surface area contributed by atoms with E-state index < -0.39 is 0 Å². The second kappa shape index (κ2) is 6.55. The summed E-state index contributed by atoms with van der Waals surface area (Å²) in [5, 5.41) is 8.01. The van der Waals surface area contributed by atoms with E-state index >= 15 is 0 Å². The van der Waals surface area contributed by atoms with Crippen LogP contribution in [0.1, 0.15) is 32.9 Å². The van der Waals surface area contributed by atoms with Crippen LogP contribution in [0.4, 0.5) is 10.2 Å². The van der Waals surface area contributed by atoms with Gasteiger partial charge in [0.05, 0.1) is 11.4 Å². The molecule has 0 fully saturated rings. The maximum atomic E-state index is 13.0. The van der Waals surface area contributed by atoms with Crippen molar-refractivity contribution >= 4 is 5.82 Å². The van der Waals surface area contributed by atoms with E-state index in [2.05, 4.69) is 37.3 Å². The average Bonchev–Trinajstić information content (AvgIpc) is 2.79. The summed E-state index contributed by atoms with van der Waals surface area (Å²) >= 11 is 0. The number of nitrogens with zero attached hydrogens (tertiary/aromatic N) is 2. The van der Waals surface area contributed by atoms with E-state index in [1.807, 2.05) is 4.68 Å². The van der Waals surface area contributed by atoms with E-state index in [1.54, 1.807) is 12.1 Å². The minimum absolute atomic E-state index is 0.230. The van der Waals surface area contributed by atoms with Gasteiger partial charge in [-0.15, -0.1) is 0 Å². The number of aromatic nitrogens is 2. The van der Waals surface area contributed by atoms with Crippen molar-refractivity contribution in [3.63, 3.8) is 0 Å². The Hall–Kier alpha value is -1.84. The number of rotatable bonds is 6. The van der Waals surface area contributed by atoms with Crippen LogP contribution in [0.15, 0.2) is 30.3 Å². The Kier molecular flexibility index (Phi) is 4.77. The van der Waals surface area contributed by atoms with Crippen molar-refractivity contribution in [3.05, 3.63) is 41.8 Å². The number of halogens is 1. The third kappa shape index (κ3) is 3.59. The highest BCUT2D eigenvalue weighted by atomic mass is 19.1. The Morgan fingerprint density at radius 3 is 2.55 bits per heavy atom. The summed E-state index contributed by atoms with van der Waals surface area (Å²) in [5.74, 6) is 1.30. The number of nitrogens with one attached hydrogen (secondary N) is 1. The Morgan fingerprint density at radius 1 is 1.25 bits per heavy atom. The lowest BCUT2D eigenvalue weighted by Crippen LogP contribution is -2.07. The SMILES string of the molecule is CCCNc1cc(CC(C)C)nn1-c1ccc(F)cc1. The van der Waals surface area contributed by atoms with Gasteiger partial charge >= 0.3 is 0 Å². The first-order valence-corrected chi connectivity index (χ1v) is 7.19. The molecule has 1 aromatic heterocycles. The Morgan fingerprint density at radius 2 is 1.95 bits per heavy atom. The summed E-state index contributed by atoms with van der Waals surface area (Å²) in [6.45, 7) is 7.38. The zero-order chi connectivity index (χ0) is 14.5. The molecule has 0 amide bonds. The Balaban J connectivity index is 2.32. The second-order valence-electron chi connectivity index (χ2n) is 5.43. The molecule has 2 aromatic rings. The fraction of sp³-hybridized carbons (Fsp3) is 0.438. The fourth-order valence-corrected chi connectivity index (χ4v) is 2.11. The van der Waals surface area contributed by atoms with Gasteiger partial charge in [0.15, 0.2) is 0 Å². The topological polar surface area (TPSA) is 29.9 Å². The fourth-order valence-electron chi connectivity index (χ4n) is 2.11. The van der Waals surface area contributed by atoms with Gasteiger partial charge in [-0.25, -0.2) is 9.07 Å². The van der Waals surface area contributed by atoms with Gasteiger partial charge in [-0.05, 0) is 43.0 Å². The molecule has 3 nitrogen and oxygen atoms in total. The second-order valence-corrected chi connectivity index (χ2v) is 5.43. The van der Waals surface area contributed by atoms with Crippen LogP contribution >= 0.6 is 0 Å². The van der Waals surface area contributed by atoms with Crippen LogP contribution in [0.2, 0.25) is 0 Å². The van der Waals surface area contributed by atoms with E-state index in [4.69, 9.17) is 0 Å². The molecule has 0 unspecified atom stereocenters. The van der Waals surface area contributed by atoms with Gasteiger partial charge in [-0.2, -0.15) is 5.10 Å². The van der Waals surface area contributed by atoms with Crippen molar-refractivity contribution < 1.29 is 4.39 Å². The van der Waals surface area contributed by atoms with Crippen molar-refractivity contribution in [3.8, 4) is 5.69 Å². The lowest BCUT2D eigenvalue weighted by atomic mass is 10.1. The van der Waals surface area contributed by atoms with E-state index in [0.717, 1.165) is 36.6 Å². The molecule has 1 heterocycles. The van der Waals surface area contributed by atoms with Gasteiger partial charge < -0.3 is 5.32 Å². The molecule has 0 bridgehead atoms. The predicted molar refractivity (Wildman–Crippen MR) is 80.8 cm³/mol. The van der Waals surface area contributed by atoms with Crippen LogP contribution in [-0.4, -0.2) is 16.3 Å². The van der Waals surface area contributed by atoms with Crippen molar-refractivity contribution in [1.29, 1.82) is 0 Å². The minimum atomic E-state index is -0.230. The van der Waals surface area contributed by atoms with Crippen molar-refractivity contribution in [1.82, 2.24) is 9.78 Å². The molecule has 0 radical (unpaired) electrons. The molecule has 2 rings (SSSR count). The van der Waals surface area contributed by atoms with Crippen LogP contribution in [0.5, 0.6) is 0 Å². The summed E-state index contributed by atoms with van der Waals surface area (Å²) < 4.78 is 14.9. The molecule has 0 saturated heterocycles. The largest absolute Gasteiger partial charge is 0.370 e. The highest BCUT2D eigenvalue weighted by molar-refractivity contribution is 5.46. The lowest BCUT2D eigenvalue weighted by Gasteiger charge is -2.08. The van der Waals surface area contributed by atoms with Gasteiger partial charge in [0.25, 0.3) is 0 Å². The summed E-state index contributed by atoms with van der Waals surface area (Å²) in [7, 11) is 0. The summed E-state index contributed by atoms with van der Waals surface area (Å²) in [4.78, 5) is 0.